The number of rotatable bonds is 5. The maximum Gasteiger partial charge on any atom is 0.242 e. The van der Waals surface area contributed by atoms with E-state index in [9.17, 15) is 4.79 Å². The van der Waals surface area contributed by atoms with E-state index in [4.69, 9.17) is 16.3 Å². The Morgan fingerprint density at radius 3 is 3.12 bits per heavy atom. The molecular weight excluding hydrogens is 330 g/mol. The second-order valence-electron chi connectivity index (χ2n) is 5.74. The minimum absolute atomic E-state index is 0.0163. The molecule has 1 saturated heterocycles. The third-order valence-electron chi connectivity index (χ3n) is 4.03. The van der Waals surface area contributed by atoms with Gasteiger partial charge in [-0.3, -0.25) is 14.4 Å². The summed E-state index contributed by atoms with van der Waals surface area (Å²) in [7, 11) is 0. The zero-order valence-corrected chi connectivity index (χ0v) is 14.2. The van der Waals surface area contributed by atoms with Crippen LogP contribution in [0.3, 0.4) is 0 Å². The van der Waals surface area contributed by atoms with Crippen LogP contribution in [0.25, 0.3) is 0 Å². The van der Waals surface area contributed by atoms with Crippen LogP contribution in [0.4, 0.5) is 5.82 Å². The molecule has 128 valence electrons. The molecule has 1 fully saturated rings. The number of nitrogens with one attached hydrogen (secondary N) is 1. The van der Waals surface area contributed by atoms with E-state index >= 15 is 0 Å². The Labute approximate surface area is 145 Å². The van der Waals surface area contributed by atoms with Gasteiger partial charge < -0.3 is 10.1 Å². The van der Waals surface area contributed by atoms with Crippen LogP contribution in [0, 0.1) is 0 Å². The SMILES string of the molecule is C[C@@H](C(=O)Nc1ccc(Cl)cn1)N1CCO[C@@H](Cn2cccn2)C1. The summed E-state index contributed by atoms with van der Waals surface area (Å²) in [6, 6.07) is 5.00. The average molecular weight is 350 g/mol. The van der Waals surface area contributed by atoms with Crippen molar-refractivity contribution in [2.45, 2.75) is 25.6 Å². The van der Waals surface area contributed by atoms with E-state index in [-0.39, 0.29) is 18.1 Å². The average Bonchev–Trinajstić information content (AvgIpc) is 3.09. The maximum absolute atomic E-state index is 12.4. The number of pyridine rings is 1. The van der Waals surface area contributed by atoms with Crippen molar-refractivity contribution in [2.75, 3.05) is 25.0 Å². The van der Waals surface area contributed by atoms with Crippen molar-refractivity contribution in [1.29, 1.82) is 0 Å². The van der Waals surface area contributed by atoms with Gasteiger partial charge in [-0.1, -0.05) is 11.6 Å². The first kappa shape index (κ1) is 16.9. The van der Waals surface area contributed by atoms with Crippen LogP contribution in [-0.4, -0.2) is 57.4 Å². The predicted molar refractivity (Wildman–Crippen MR) is 90.9 cm³/mol. The second kappa shape index (κ2) is 7.74. The van der Waals surface area contributed by atoms with Gasteiger partial charge in [0.25, 0.3) is 0 Å². The van der Waals surface area contributed by atoms with Crippen molar-refractivity contribution in [2.24, 2.45) is 0 Å². The summed E-state index contributed by atoms with van der Waals surface area (Å²) in [5.74, 6) is 0.405. The molecule has 2 aromatic heterocycles. The molecule has 24 heavy (non-hydrogen) atoms. The number of morpholine rings is 1. The summed E-state index contributed by atoms with van der Waals surface area (Å²) in [6.07, 6.45) is 5.18. The van der Waals surface area contributed by atoms with Gasteiger partial charge in [0.15, 0.2) is 0 Å². The van der Waals surface area contributed by atoms with Crippen molar-refractivity contribution in [3.63, 3.8) is 0 Å². The summed E-state index contributed by atoms with van der Waals surface area (Å²) in [5.41, 5.74) is 0. The molecule has 1 N–H and O–H groups in total. The molecule has 1 aliphatic rings. The van der Waals surface area contributed by atoms with Crippen LogP contribution in [-0.2, 0) is 16.1 Å². The summed E-state index contributed by atoms with van der Waals surface area (Å²) in [4.78, 5) is 18.6. The summed E-state index contributed by atoms with van der Waals surface area (Å²) < 4.78 is 7.63. The van der Waals surface area contributed by atoms with Crippen LogP contribution in [0.15, 0.2) is 36.8 Å². The highest BCUT2D eigenvalue weighted by atomic mass is 35.5. The zero-order chi connectivity index (χ0) is 16.9. The first-order valence-corrected chi connectivity index (χ1v) is 8.25. The lowest BCUT2D eigenvalue weighted by molar-refractivity contribution is -0.124. The topological polar surface area (TPSA) is 72.3 Å². The molecule has 0 aromatic carbocycles. The molecule has 0 spiro atoms. The van der Waals surface area contributed by atoms with E-state index in [2.05, 4.69) is 20.3 Å². The molecule has 0 aliphatic carbocycles. The van der Waals surface area contributed by atoms with Crippen molar-refractivity contribution in [3.8, 4) is 0 Å². The number of amides is 1. The van der Waals surface area contributed by atoms with Gasteiger partial charge in [-0.15, -0.1) is 0 Å². The van der Waals surface area contributed by atoms with Crippen LogP contribution in [0.5, 0.6) is 0 Å². The highest BCUT2D eigenvalue weighted by molar-refractivity contribution is 6.30. The van der Waals surface area contributed by atoms with Gasteiger partial charge >= 0.3 is 0 Å². The lowest BCUT2D eigenvalue weighted by Gasteiger charge is -2.36. The van der Waals surface area contributed by atoms with Gasteiger partial charge in [-0.2, -0.15) is 5.10 Å². The molecule has 8 heteroatoms. The number of aromatic nitrogens is 3. The molecule has 1 amide bonds. The molecule has 0 radical (unpaired) electrons. The molecule has 0 unspecified atom stereocenters. The zero-order valence-electron chi connectivity index (χ0n) is 13.4. The number of nitrogens with zero attached hydrogens (tertiary/aromatic N) is 4. The first-order chi connectivity index (χ1) is 11.6. The third-order valence-corrected chi connectivity index (χ3v) is 4.25. The third kappa shape index (κ3) is 4.31. The molecular formula is C16H20ClN5O2. The fraction of sp³-hybridized carbons (Fsp3) is 0.438. The summed E-state index contributed by atoms with van der Waals surface area (Å²) in [5, 5.41) is 7.55. The minimum atomic E-state index is -0.272. The lowest BCUT2D eigenvalue weighted by Crippen LogP contribution is -2.51. The Kier molecular flexibility index (Phi) is 5.44. The summed E-state index contributed by atoms with van der Waals surface area (Å²) in [6.45, 7) is 4.57. The molecule has 0 bridgehead atoms. The monoisotopic (exact) mass is 349 g/mol. The summed E-state index contributed by atoms with van der Waals surface area (Å²) >= 11 is 5.80. The van der Waals surface area contributed by atoms with Gasteiger partial charge in [-0.25, -0.2) is 4.98 Å². The number of hydrogen-bond donors (Lipinski definition) is 1. The second-order valence-corrected chi connectivity index (χ2v) is 6.18. The van der Waals surface area contributed by atoms with Gasteiger partial charge in [0, 0.05) is 31.7 Å². The molecule has 2 aromatic rings. The number of carbonyl (C=O) groups is 1. The highest BCUT2D eigenvalue weighted by Gasteiger charge is 2.28. The number of halogens is 1. The van der Waals surface area contributed by atoms with Crippen LogP contribution in [0.1, 0.15) is 6.92 Å². The smallest absolute Gasteiger partial charge is 0.242 e. The van der Waals surface area contributed by atoms with E-state index in [0.29, 0.717) is 30.5 Å². The van der Waals surface area contributed by atoms with Crippen molar-refractivity contribution >= 4 is 23.3 Å². The van der Waals surface area contributed by atoms with Crippen molar-refractivity contribution in [3.05, 3.63) is 41.8 Å². The lowest BCUT2D eigenvalue weighted by atomic mass is 10.2. The minimum Gasteiger partial charge on any atom is -0.374 e. The fourth-order valence-corrected chi connectivity index (χ4v) is 2.78. The van der Waals surface area contributed by atoms with E-state index in [1.54, 1.807) is 18.3 Å². The number of ether oxygens (including phenoxy) is 1. The van der Waals surface area contributed by atoms with Gasteiger partial charge in [0.2, 0.25) is 5.91 Å². The largest absolute Gasteiger partial charge is 0.374 e. The van der Waals surface area contributed by atoms with Gasteiger partial charge in [0.05, 0.1) is 30.3 Å². The normalized spacial score (nSPS) is 19.8. The van der Waals surface area contributed by atoms with Crippen LogP contribution >= 0.6 is 11.6 Å². The van der Waals surface area contributed by atoms with E-state index < -0.39 is 0 Å². The molecule has 3 rings (SSSR count). The first-order valence-electron chi connectivity index (χ1n) is 7.87. The Hall–Kier alpha value is -1.96. The Morgan fingerprint density at radius 2 is 2.42 bits per heavy atom. The molecule has 1 aliphatic heterocycles. The predicted octanol–water partition coefficient (Wildman–Crippen LogP) is 1.66. The number of carbonyl (C=O) groups excluding carboxylic acids is 1. The Balaban J connectivity index is 1.56. The molecule has 3 heterocycles. The number of anilines is 1. The standard InChI is InChI=1S/C16H20ClN5O2/c1-12(16(23)20-15-4-3-13(17)9-18-15)21-7-8-24-14(10-21)11-22-6-2-5-19-22/h2-6,9,12,14H,7-8,10-11H2,1H3,(H,18,20,23)/t12-,14+/m0/s1. The van der Waals surface area contributed by atoms with E-state index in [1.165, 1.54) is 6.20 Å². The van der Waals surface area contributed by atoms with E-state index in [0.717, 1.165) is 6.54 Å². The molecule has 7 nitrogen and oxygen atoms in total. The molecule has 2 atom stereocenters. The van der Waals surface area contributed by atoms with Gasteiger partial charge in [0.1, 0.15) is 5.82 Å². The Bertz CT molecular complexity index is 662. The van der Waals surface area contributed by atoms with E-state index in [1.807, 2.05) is 23.9 Å². The quantitative estimate of drug-likeness (QED) is 0.888. The van der Waals surface area contributed by atoms with Crippen LogP contribution < -0.4 is 5.32 Å². The number of hydrogen-bond acceptors (Lipinski definition) is 5. The maximum atomic E-state index is 12.4. The van der Waals surface area contributed by atoms with Crippen LogP contribution in [0.2, 0.25) is 5.02 Å². The Morgan fingerprint density at radius 1 is 1.54 bits per heavy atom. The van der Waals surface area contributed by atoms with Crippen molar-refractivity contribution in [1.82, 2.24) is 19.7 Å². The molecule has 0 saturated carbocycles. The van der Waals surface area contributed by atoms with Gasteiger partial charge in [-0.05, 0) is 25.1 Å². The highest BCUT2D eigenvalue weighted by Crippen LogP contribution is 2.14. The fourth-order valence-electron chi connectivity index (χ4n) is 2.67. The van der Waals surface area contributed by atoms with Crippen molar-refractivity contribution < 1.29 is 9.53 Å².